The van der Waals surface area contributed by atoms with Crippen molar-refractivity contribution in [3.05, 3.63) is 83.7 Å². The molecule has 0 bridgehead atoms. The third-order valence-electron chi connectivity index (χ3n) is 7.14. The van der Waals surface area contributed by atoms with Gasteiger partial charge in [0, 0.05) is 54.9 Å². The number of hydrogen-bond acceptors (Lipinski definition) is 7. The molecular weight excluding hydrogens is 520 g/mol. The van der Waals surface area contributed by atoms with Gasteiger partial charge in [0.15, 0.2) is 0 Å². The number of aliphatic hydroxyl groups is 1. The Hall–Kier alpha value is -4.46. The fourth-order valence-corrected chi connectivity index (χ4v) is 4.82. The van der Waals surface area contributed by atoms with E-state index in [0.29, 0.717) is 41.3 Å². The lowest BCUT2D eigenvalue weighted by Crippen LogP contribution is -2.47. The number of hydrogen-bond donors (Lipinski definition) is 3. The molecule has 0 spiro atoms. The first-order valence-electron chi connectivity index (χ1n) is 13.6. The number of benzene rings is 2. The number of pyridine rings is 1. The maximum absolute atomic E-state index is 13.4. The molecule has 41 heavy (non-hydrogen) atoms. The number of urea groups is 1. The van der Waals surface area contributed by atoms with Gasteiger partial charge < -0.3 is 25.4 Å². The number of anilines is 2. The molecule has 10 heteroatoms. The SMILES string of the molecule is C[C@@H]1CN([C@@H](C)CO)C(=O)Cc2cc(NC(=O)Nc3ccc(C#N)cc3)ccc2OC1CN(C)Cc1ccncc1. The smallest absolute Gasteiger partial charge is 0.323 e. The molecule has 4 rings (SSSR count). The van der Waals surface area contributed by atoms with E-state index in [1.807, 2.05) is 32.2 Å². The number of amides is 3. The normalized spacial score (nSPS) is 17.8. The molecule has 0 radical (unpaired) electrons. The summed E-state index contributed by atoms with van der Waals surface area (Å²) < 4.78 is 6.57. The van der Waals surface area contributed by atoms with Crippen LogP contribution >= 0.6 is 0 Å². The van der Waals surface area contributed by atoms with Crippen LogP contribution in [0.25, 0.3) is 0 Å². The molecule has 3 N–H and O–H groups in total. The largest absolute Gasteiger partial charge is 0.488 e. The predicted octanol–water partition coefficient (Wildman–Crippen LogP) is 3.88. The van der Waals surface area contributed by atoms with Gasteiger partial charge in [-0.05, 0) is 74.1 Å². The van der Waals surface area contributed by atoms with Crippen LogP contribution in [0.15, 0.2) is 67.0 Å². The summed E-state index contributed by atoms with van der Waals surface area (Å²) in [7, 11) is 2.03. The van der Waals surface area contributed by atoms with Crippen molar-refractivity contribution in [1.29, 1.82) is 5.26 Å². The standard InChI is InChI=1S/C31H36N6O4/c1-21-17-37(22(2)20-38)30(39)15-25-14-27(35-31(40)34-26-6-4-23(16-32)5-7-26)8-9-28(25)41-29(21)19-36(3)18-24-10-12-33-13-11-24/h4-14,21-22,29,38H,15,17-20H2,1-3H3,(H2,34,35,40)/t21-,22+,29?/m1/s1. The number of carbonyl (C=O) groups is 2. The number of carbonyl (C=O) groups excluding carboxylic acids is 2. The first-order chi connectivity index (χ1) is 19.7. The van der Waals surface area contributed by atoms with Crippen molar-refractivity contribution >= 4 is 23.3 Å². The zero-order valence-electron chi connectivity index (χ0n) is 23.6. The number of aliphatic hydroxyl groups excluding tert-OH is 1. The maximum atomic E-state index is 13.4. The first-order valence-corrected chi connectivity index (χ1v) is 13.6. The van der Waals surface area contributed by atoms with E-state index in [0.717, 1.165) is 12.1 Å². The molecule has 2 aromatic carbocycles. The van der Waals surface area contributed by atoms with Crippen LogP contribution in [0, 0.1) is 17.2 Å². The molecule has 3 aromatic rings. The predicted molar refractivity (Wildman–Crippen MR) is 156 cm³/mol. The molecule has 1 aliphatic rings. The molecule has 2 heterocycles. The average molecular weight is 557 g/mol. The Morgan fingerprint density at radius 1 is 1.17 bits per heavy atom. The van der Waals surface area contributed by atoms with Gasteiger partial charge in [0.1, 0.15) is 11.9 Å². The number of aromatic nitrogens is 1. The topological polar surface area (TPSA) is 131 Å². The number of fused-ring (bicyclic) bond motifs is 1. The Balaban J connectivity index is 1.55. The van der Waals surface area contributed by atoms with Crippen molar-refractivity contribution in [3.8, 4) is 11.8 Å². The fourth-order valence-electron chi connectivity index (χ4n) is 4.82. The van der Waals surface area contributed by atoms with E-state index in [9.17, 15) is 14.7 Å². The van der Waals surface area contributed by atoms with Crippen LogP contribution in [0.4, 0.5) is 16.2 Å². The van der Waals surface area contributed by atoms with E-state index in [1.54, 1.807) is 59.8 Å². The van der Waals surface area contributed by atoms with Gasteiger partial charge in [-0.2, -0.15) is 5.26 Å². The zero-order valence-corrected chi connectivity index (χ0v) is 23.6. The summed E-state index contributed by atoms with van der Waals surface area (Å²) in [5.74, 6) is 0.451. The summed E-state index contributed by atoms with van der Waals surface area (Å²) in [4.78, 5) is 34.1. The fraction of sp³-hybridized carbons (Fsp3) is 0.355. The lowest BCUT2D eigenvalue weighted by molar-refractivity contribution is -0.134. The van der Waals surface area contributed by atoms with E-state index in [-0.39, 0.29) is 37.0 Å². The first kappa shape index (κ1) is 29.5. The summed E-state index contributed by atoms with van der Waals surface area (Å²) in [6.07, 6.45) is 3.38. The number of nitrogens with zero attached hydrogens (tertiary/aromatic N) is 4. The van der Waals surface area contributed by atoms with E-state index < -0.39 is 6.03 Å². The van der Waals surface area contributed by atoms with E-state index >= 15 is 0 Å². The van der Waals surface area contributed by atoms with Crippen LogP contribution in [0.5, 0.6) is 5.75 Å². The van der Waals surface area contributed by atoms with Crippen LogP contribution in [-0.2, 0) is 17.8 Å². The summed E-state index contributed by atoms with van der Waals surface area (Å²) in [5, 5.41) is 24.4. The Labute approximate surface area is 240 Å². The molecular formula is C31H36N6O4. The molecule has 0 saturated heterocycles. The van der Waals surface area contributed by atoms with Crippen LogP contribution in [-0.4, -0.2) is 70.7 Å². The number of likely N-dealkylation sites (N-methyl/N-ethyl adjacent to an activating group) is 1. The number of ether oxygens (including phenoxy) is 1. The molecule has 10 nitrogen and oxygen atoms in total. The molecule has 0 aliphatic carbocycles. The molecule has 1 unspecified atom stereocenters. The Bertz CT molecular complexity index is 1380. The van der Waals surface area contributed by atoms with Crippen molar-refractivity contribution in [2.75, 3.05) is 37.4 Å². The second-order valence-electron chi connectivity index (χ2n) is 10.5. The molecule has 0 fully saturated rings. The average Bonchev–Trinajstić information content (AvgIpc) is 3.01. The Morgan fingerprint density at radius 3 is 2.54 bits per heavy atom. The summed E-state index contributed by atoms with van der Waals surface area (Å²) in [5.41, 5.74) is 3.34. The van der Waals surface area contributed by atoms with Gasteiger partial charge >= 0.3 is 6.03 Å². The summed E-state index contributed by atoms with van der Waals surface area (Å²) >= 11 is 0. The van der Waals surface area contributed by atoms with Gasteiger partial charge in [0.2, 0.25) is 5.91 Å². The monoisotopic (exact) mass is 556 g/mol. The molecule has 1 aromatic heterocycles. The third-order valence-corrected chi connectivity index (χ3v) is 7.14. The van der Waals surface area contributed by atoms with Crippen molar-refractivity contribution in [2.45, 2.75) is 39.0 Å². The number of nitrogens with one attached hydrogen (secondary N) is 2. The minimum atomic E-state index is -0.454. The molecule has 3 amide bonds. The van der Waals surface area contributed by atoms with Gasteiger partial charge in [-0.25, -0.2) is 4.79 Å². The van der Waals surface area contributed by atoms with Gasteiger partial charge in [-0.15, -0.1) is 0 Å². The van der Waals surface area contributed by atoms with Crippen molar-refractivity contribution in [1.82, 2.24) is 14.8 Å². The highest BCUT2D eigenvalue weighted by molar-refractivity contribution is 6.00. The molecule has 214 valence electrons. The minimum absolute atomic E-state index is 0.0187. The zero-order chi connectivity index (χ0) is 29.4. The second kappa shape index (κ2) is 13.7. The Kier molecular flexibility index (Phi) is 9.90. The van der Waals surface area contributed by atoms with Crippen LogP contribution in [0.2, 0.25) is 0 Å². The second-order valence-corrected chi connectivity index (χ2v) is 10.5. The van der Waals surface area contributed by atoms with Gasteiger partial charge in [0.05, 0.1) is 30.7 Å². The minimum Gasteiger partial charge on any atom is -0.488 e. The molecule has 3 atom stereocenters. The van der Waals surface area contributed by atoms with E-state index in [2.05, 4.69) is 27.4 Å². The summed E-state index contributed by atoms with van der Waals surface area (Å²) in [6, 6.07) is 17.0. The lowest BCUT2D eigenvalue weighted by atomic mass is 10.0. The number of rotatable bonds is 8. The van der Waals surface area contributed by atoms with Crippen molar-refractivity contribution < 1.29 is 19.4 Å². The van der Waals surface area contributed by atoms with E-state index in [4.69, 9.17) is 10.00 Å². The number of nitriles is 1. The van der Waals surface area contributed by atoms with Crippen molar-refractivity contribution in [3.63, 3.8) is 0 Å². The maximum Gasteiger partial charge on any atom is 0.323 e. The van der Waals surface area contributed by atoms with Crippen molar-refractivity contribution in [2.24, 2.45) is 5.92 Å². The highest BCUT2D eigenvalue weighted by Crippen LogP contribution is 2.29. The Morgan fingerprint density at radius 2 is 1.85 bits per heavy atom. The highest BCUT2D eigenvalue weighted by Gasteiger charge is 2.31. The van der Waals surface area contributed by atoms with Gasteiger partial charge in [-0.1, -0.05) is 6.92 Å². The summed E-state index contributed by atoms with van der Waals surface area (Å²) in [6.45, 7) is 5.53. The van der Waals surface area contributed by atoms with E-state index in [1.165, 1.54) is 0 Å². The highest BCUT2D eigenvalue weighted by atomic mass is 16.5. The van der Waals surface area contributed by atoms with Crippen LogP contribution < -0.4 is 15.4 Å². The molecule has 0 saturated carbocycles. The quantitative estimate of drug-likeness (QED) is 0.384. The van der Waals surface area contributed by atoms with Gasteiger partial charge in [0.25, 0.3) is 0 Å². The van der Waals surface area contributed by atoms with Crippen LogP contribution in [0.1, 0.15) is 30.5 Å². The van der Waals surface area contributed by atoms with Gasteiger partial charge in [-0.3, -0.25) is 14.7 Å². The lowest BCUT2D eigenvalue weighted by Gasteiger charge is -2.34. The van der Waals surface area contributed by atoms with Crippen LogP contribution in [0.3, 0.4) is 0 Å². The molecule has 1 aliphatic heterocycles. The third kappa shape index (κ3) is 8.03.